The normalized spacial score (nSPS) is 14.4. The molecule has 1 amide bonds. The average Bonchev–Trinajstić information content (AvgIpc) is 3.36. The third-order valence-electron chi connectivity index (χ3n) is 6.90. The number of benzene rings is 4. The summed E-state index contributed by atoms with van der Waals surface area (Å²) in [5, 5.41) is 14.7. The van der Waals surface area contributed by atoms with Crippen LogP contribution in [-0.4, -0.2) is 38.7 Å². The van der Waals surface area contributed by atoms with Crippen molar-refractivity contribution in [3.05, 3.63) is 124 Å². The van der Waals surface area contributed by atoms with E-state index in [1.807, 2.05) is 54.3 Å². The molecule has 1 aliphatic rings. The highest BCUT2D eigenvalue weighted by Crippen LogP contribution is 2.38. The van der Waals surface area contributed by atoms with E-state index in [2.05, 4.69) is 5.32 Å². The highest BCUT2D eigenvalue weighted by molar-refractivity contribution is 7.86. The summed E-state index contributed by atoms with van der Waals surface area (Å²) in [7, 11) is -4.05. The van der Waals surface area contributed by atoms with Crippen molar-refractivity contribution in [1.82, 2.24) is 0 Å². The van der Waals surface area contributed by atoms with Crippen molar-refractivity contribution >= 4 is 39.0 Å². The van der Waals surface area contributed by atoms with Crippen molar-refractivity contribution in [2.75, 3.05) is 23.4 Å². The van der Waals surface area contributed by atoms with Crippen LogP contribution in [0.1, 0.15) is 33.1 Å². The number of halogens is 1. The van der Waals surface area contributed by atoms with E-state index >= 15 is 0 Å². The maximum absolute atomic E-state index is 12.9. The molecular formula is C31H29ClN2O5S. The Labute approximate surface area is 239 Å². The van der Waals surface area contributed by atoms with Gasteiger partial charge >= 0.3 is 0 Å². The molecule has 0 fully saturated rings. The fraction of sp³-hybridized carbons (Fsp3) is 0.194. The molecule has 0 saturated carbocycles. The number of hydrogen-bond donors (Lipinski definition) is 2. The number of carbonyl (C=O) groups excluding carboxylic acids is 1. The first-order valence-corrected chi connectivity index (χ1v) is 14.7. The van der Waals surface area contributed by atoms with Crippen LogP contribution in [0.2, 0.25) is 5.02 Å². The van der Waals surface area contributed by atoms with Gasteiger partial charge in [0.1, 0.15) is 6.10 Å². The number of amides is 1. The molecule has 40 heavy (non-hydrogen) atoms. The van der Waals surface area contributed by atoms with E-state index in [0.29, 0.717) is 29.2 Å². The number of nitrogens with one attached hydrogen (secondary N) is 1. The van der Waals surface area contributed by atoms with Crippen LogP contribution in [0, 0.1) is 6.92 Å². The molecular weight excluding hydrogens is 548 g/mol. The number of fused-ring (bicyclic) bond motifs is 1. The summed E-state index contributed by atoms with van der Waals surface area (Å²) in [4.78, 5) is 15.0. The van der Waals surface area contributed by atoms with Gasteiger partial charge in [-0.15, -0.1) is 0 Å². The predicted molar refractivity (Wildman–Crippen MR) is 156 cm³/mol. The quantitative estimate of drug-likeness (QED) is 0.246. The summed E-state index contributed by atoms with van der Waals surface area (Å²) < 4.78 is 30.9. The number of nitrogens with zero attached hydrogens (tertiary/aromatic N) is 1. The van der Waals surface area contributed by atoms with Crippen molar-refractivity contribution in [2.24, 2.45) is 0 Å². The number of rotatable bonds is 9. The SMILES string of the molecule is Cc1ccc(S(=O)(=O)OC[C@@H](O)[C@H](c2ccccc2)N2CCc3cc(C(=O)Nc4cccc(Cl)c4)ccc32)cc1. The molecule has 4 aromatic carbocycles. The second-order valence-corrected chi connectivity index (χ2v) is 11.8. The molecule has 2 N–H and O–H groups in total. The summed E-state index contributed by atoms with van der Waals surface area (Å²) >= 11 is 6.04. The maximum Gasteiger partial charge on any atom is 0.297 e. The fourth-order valence-corrected chi connectivity index (χ4v) is 6.02. The van der Waals surface area contributed by atoms with Gasteiger partial charge in [0.2, 0.25) is 0 Å². The largest absolute Gasteiger partial charge is 0.388 e. The Bertz CT molecular complexity index is 1610. The Kier molecular flexibility index (Phi) is 8.23. The number of aliphatic hydroxyl groups is 1. The average molecular weight is 577 g/mol. The van der Waals surface area contributed by atoms with E-state index in [1.165, 1.54) is 12.1 Å². The number of aliphatic hydroxyl groups excluding tert-OH is 1. The lowest BCUT2D eigenvalue weighted by atomic mass is 9.99. The van der Waals surface area contributed by atoms with Gasteiger partial charge in [0.15, 0.2) is 0 Å². The Morgan fingerprint density at radius 2 is 1.75 bits per heavy atom. The van der Waals surface area contributed by atoms with E-state index in [4.69, 9.17) is 15.8 Å². The van der Waals surface area contributed by atoms with Gasteiger partial charge in [0, 0.05) is 28.5 Å². The molecule has 206 valence electrons. The third-order valence-corrected chi connectivity index (χ3v) is 8.43. The van der Waals surface area contributed by atoms with Crippen LogP contribution in [0.15, 0.2) is 102 Å². The molecule has 0 saturated heterocycles. The van der Waals surface area contributed by atoms with Gasteiger partial charge in [-0.2, -0.15) is 8.42 Å². The van der Waals surface area contributed by atoms with E-state index < -0.39 is 28.9 Å². The predicted octanol–water partition coefficient (Wildman–Crippen LogP) is 5.77. The van der Waals surface area contributed by atoms with Gasteiger partial charge in [-0.05, 0) is 73.0 Å². The monoisotopic (exact) mass is 576 g/mol. The molecule has 7 nitrogen and oxygen atoms in total. The first kappa shape index (κ1) is 27.9. The first-order chi connectivity index (χ1) is 19.2. The van der Waals surface area contributed by atoms with Gasteiger partial charge in [-0.1, -0.05) is 65.7 Å². The molecule has 4 aromatic rings. The van der Waals surface area contributed by atoms with Crippen molar-refractivity contribution in [3.63, 3.8) is 0 Å². The van der Waals surface area contributed by atoms with Gasteiger partial charge in [0.05, 0.1) is 17.5 Å². The van der Waals surface area contributed by atoms with Crippen LogP contribution in [0.3, 0.4) is 0 Å². The Balaban J connectivity index is 1.37. The maximum atomic E-state index is 12.9. The zero-order valence-electron chi connectivity index (χ0n) is 21.8. The van der Waals surface area contributed by atoms with E-state index in [-0.39, 0.29) is 10.8 Å². The van der Waals surface area contributed by atoms with Crippen molar-refractivity contribution in [3.8, 4) is 0 Å². The molecule has 0 bridgehead atoms. The highest BCUT2D eigenvalue weighted by Gasteiger charge is 2.34. The lowest BCUT2D eigenvalue weighted by molar-refractivity contribution is 0.0852. The second-order valence-electron chi connectivity index (χ2n) is 9.73. The standard InChI is InChI=1S/C31H29ClN2O5S/c1-21-10-13-27(14-11-21)40(37,38)39-20-29(35)30(22-6-3-2-4-7-22)34-17-16-23-18-24(12-15-28(23)34)31(36)33-26-9-5-8-25(32)19-26/h2-15,18-19,29-30,35H,16-17,20H2,1H3,(H,33,36)/t29-,30+/m1/s1. The van der Waals surface area contributed by atoms with E-state index in [0.717, 1.165) is 22.4 Å². The summed E-state index contributed by atoms with van der Waals surface area (Å²) in [5.41, 5.74) is 4.69. The van der Waals surface area contributed by atoms with Crippen LogP contribution in [0.25, 0.3) is 0 Å². The van der Waals surface area contributed by atoms with Gasteiger partial charge in [-0.25, -0.2) is 0 Å². The van der Waals surface area contributed by atoms with Crippen molar-refractivity contribution < 1.29 is 22.5 Å². The van der Waals surface area contributed by atoms with Crippen LogP contribution >= 0.6 is 11.6 Å². The molecule has 2 atom stereocenters. The zero-order valence-corrected chi connectivity index (χ0v) is 23.4. The second kappa shape index (κ2) is 11.8. The smallest absolute Gasteiger partial charge is 0.297 e. The van der Waals surface area contributed by atoms with Gasteiger partial charge in [-0.3, -0.25) is 8.98 Å². The molecule has 1 heterocycles. The van der Waals surface area contributed by atoms with Gasteiger partial charge in [0.25, 0.3) is 16.0 Å². The Morgan fingerprint density at radius 3 is 2.48 bits per heavy atom. The third kappa shape index (κ3) is 6.21. The number of aryl methyl sites for hydroxylation is 1. The number of hydrogen-bond acceptors (Lipinski definition) is 6. The topological polar surface area (TPSA) is 95.9 Å². The van der Waals surface area contributed by atoms with Crippen LogP contribution in [0.4, 0.5) is 11.4 Å². The molecule has 0 radical (unpaired) electrons. The molecule has 9 heteroatoms. The number of anilines is 2. The van der Waals surface area contributed by atoms with Crippen LogP contribution in [0.5, 0.6) is 0 Å². The van der Waals surface area contributed by atoms with Crippen LogP contribution in [-0.2, 0) is 20.7 Å². The first-order valence-electron chi connectivity index (χ1n) is 12.9. The van der Waals surface area contributed by atoms with Crippen LogP contribution < -0.4 is 10.2 Å². The van der Waals surface area contributed by atoms with Gasteiger partial charge < -0.3 is 15.3 Å². The Morgan fingerprint density at radius 1 is 1.00 bits per heavy atom. The summed E-state index contributed by atoms with van der Waals surface area (Å²) in [6, 6.07) is 27.6. The molecule has 0 aliphatic carbocycles. The summed E-state index contributed by atoms with van der Waals surface area (Å²) in [6.45, 7) is 2.03. The minimum absolute atomic E-state index is 0.0386. The lowest BCUT2D eigenvalue weighted by Crippen LogP contribution is -2.38. The molecule has 0 unspecified atom stereocenters. The van der Waals surface area contributed by atoms with Crippen molar-refractivity contribution in [2.45, 2.75) is 30.4 Å². The summed E-state index contributed by atoms with van der Waals surface area (Å²) in [6.07, 6.45) is -0.494. The number of carbonyl (C=O) groups is 1. The summed E-state index contributed by atoms with van der Waals surface area (Å²) in [5.74, 6) is -0.252. The lowest BCUT2D eigenvalue weighted by Gasteiger charge is -2.34. The molecule has 1 aliphatic heterocycles. The molecule has 5 rings (SSSR count). The molecule has 0 spiro atoms. The minimum Gasteiger partial charge on any atom is -0.388 e. The Hall–Kier alpha value is -3.69. The highest BCUT2D eigenvalue weighted by atomic mass is 35.5. The van der Waals surface area contributed by atoms with E-state index in [9.17, 15) is 18.3 Å². The minimum atomic E-state index is -4.05. The van der Waals surface area contributed by atoms with E-state index in [1.54, 1.807) is 42.5 Å². The van der Waals surface area contributed by atoms with Crippen molar-refractivity contribution in [1.29, 1.82) is 0 Å². The zero-order chi connectivity index (χ0) is 28.3. The molecule has 0 aromatic heterocycles. The fourth-order valence-electron chi connectivity index (χ4n) is 4.91.